The average molecular weight is 143 g/mol. The molecular formula is C7H13NO2. The van der Waals surface area contributed by atoms with Crippen LogP contribution in [-0.2, 0) is 9.53 Å². The van der Waals surface area contributed by atoms with Gasteiger partial charge >= 0.3 is 0 Å². The van der Waals surface area contributed by atoms with Crippen molar-refractivity contribution in [1.29, 1.82) is 0 Å². The van der Waals surface area contributed by atoms with Crippen molar-refractivity contribution >= 4 is 5.91 Å². The minimum Gasteiger partial charge on any atom is -0.361 e. The second-order valence-corrected chi connectivity index (χ2v) is 2.76. The summed E-state index contributed by atoms with van der Waals surface area (Å²) in [6.07, 6.45) is 0.850. The first-order valence-electron chi connectivity index (χ1n) is 3.54. The SMILES string of the molecule is CC1CCOCN(C)C1=O. The molecule has 1 unspecified atom stereocenters. The monoisotopic (exact) mass is 143 g/mol. The summed E-state index contributed by atoms with van der Waals surface area (Å²) in [6, 6.07) is 0. The Bertz CT molecular complexity index is 122. The minimum atomic E-state index is 0.132. The third kappa shape index (κ3) is 1.48. The lowest BCUT2D eigenvalue weighted by Crippen LogP contribution is -2.30. The van der Waals surface area contributed by atoms with E-state index < -0.39 is 0 Å². The summed E-state index contributed by atoms with van der Waals surface area (Å²) < 4.78 is 5.15. The molecule has 0 aromatic rings. The summed E-state index contributed by atoms with van der Waals surface area (Å²) in [5, 5.41) is 0. The average Bonchev–Trinajstić information content (AvgIpc) is 2.04. The summed E-state index contributed by atoms with van der Waals surface area (Å²) in [6.45, 7) is 3.09. The van der Waals surface area contributed by atoms with E-state index in [9.17, 15) is 4.79 Å². The summed E-state index contributed by atoms with van der Waals surface area (Å²) in [4.78, 5) is 12.8. The maximum absolute atomic E-state index is 11.2. The van der Waals surface area contributed by atoms with Crippen LogP contribution >= 0.6 is 0 Å². The third-order valence-corrected chi connectivity index (χ3v) is 1.78. The molecule has 1 rings (SSSR count). The van der Waals surface area contributed by atoms with E-state index in [1.807, 2.05) is 6.92 Å². The lowest BCUT2D eigenvalue weighted by atomic mass is 10.1. The van der Waals surface area contributed by atoms with Crippen molar-refractivity contribution in [3.8, 4) is 0 Å². The van der Waals surface area contributed by atoms with Crippen molar-refractivity contribution in [2.24, 2.45) is 5.92 Å². The van der Waals surface area contributed by atoms with Crippen molar-refractivity contribution in [2.75, 3.05) is 20.4 Å². The Kier molecular flexibility index (Phi) is 2.27. The molecule has 0 N–H and O–H groups in total. The highest BCUT2D eigenvalue weighted by Gasteiger charge is 2.19. The van der Waals surface area contributed by atoms with Crippen molar-refractivity contribution in [2.45, 2.75) is 13.3 Å². The Hall–Kier alpha value is -0.570. The maximum atomic E-state index is 11.2. The van der Waals surface area contributed by atoms with Crippen molar-refractivity contribution in [1.82, 2.24) is 4.90 Å². The summed E-state index contributed by atoms with van der Waals surface area (Å²) >= 11 is 0. The molecule has 3 nitrogen and oxygen atoms in total. The first-order chi connectivity index (χ1) is 4.72. The number of ether oxygens (including phenoxy) is 1. The van der Waals surface area contributed by atoms with Gasteiger partial charge in [0, 0.05) is 19.6 Å². The van der Waals surface area contributed by atoms with Gasteiger partial charge in [-0.05, 0) is 6.42 Å². The van der Waals surface area contributed by atoms with Gasteiger partial charge in [-0.2, -0.15) is 0 Å². The lowest BCUT2D eigenvalue weighted by Gasteiger charge is -2.14. The number of rotatable bonds is 0. The van der Waals surface area contributed by atoms with Gasteiger partial charge in [0.05, 0.1) is 0 Å². The second kappa shape index (κ2) is 3.01. The fourth-order valence-corrected chi connectivity index (χ4v) is 1.02. The predicted octanol–water partition coefficient (Wildman–Crippen LogP) is 0.459. The Balaban J connectivity index is 2.55. The number of carbonyl (C=O) groups excluding carboxylic acids is 1. The highest BCUT2D eigenvalue weighted by Crippen LogP contribution is 2.09. The molecule has 58 valence electrons. The first-order valence-corrected chi connectivity index (χ1v) is 3.54. The summed E-state index contributed by atoms with van der Waals surface area (Å²) in [5.41, 5.74) is 0. The van der Waals surface area contributed by atoms with Gasteiger partial charge in [-0.25, -0.2) is 0 Å². The van der Waals surface area contributed by atoms with Gasteiger partial charge in [0.15, 0.2) is 0 Å². The lowest BCUT2D eigenvalue weighted by molar-refractivity contribution is -0.135. The van der Waals surface area contributed by atoms with Gasteiger partial charge in [-0.3, -0.25) is 4.79 Å². The van der Waals surface area contributed by atoms with E-state index in [-0.39, 0.29) is 11.8 Å². The van der Waals surface area contributed by atoms with E-state index in [0.29, 0.717) is 13.3 Å². The van der Waals surface area contributed by atoms with Crippen LogP contribution in [-0.4, -0.2) is 31.2 Å². The van der Waals surface area contributed by atoms with Gasteiger partial charge in [0.2, 0.25) is 5.91 Å². The smallest absolute Gasteiger partial charge is 0.227 e. The van der Waals surface area contributed by atoms with Crippen molar-refractivity contribution < 1.29 is 9.53 Å². The van der Waals surface area contributed by atoms with Crippen LogP contribution in [0.25, 0.3) is 0 Å². The molecule has 1 heterocycles. The highest BCUT2D eigenvalue weighted by molar-refractivity contribution is 5.78. The van der Waals surface area contributed by atoms with Crippen LogP contribution in [0.3, 0.4) is 0 Å². The normalized spacial score (nSPS) is 28.4. The van der Waals surface area contributed by atoms with E-state index in [0.717, 1.165) is 6.42 Å². The standard InChI is InChI=1S/C7H13NO2/c1-6-3-4-10-5-8(2)7(6)9/h6H,3-5H2,1-2H3. The highest BCUT2D eigenvalue weighted by atomic mass is 16.5. The van der Waals surface area contributed by atoms with Crippen LogP contribution in [0.4, 0.5) is 0 Å². The first kappa shape index (κ1) is 7.54. The molecule has 1 fully saturated rings. The van der Waals surface area contributed by atoms with Crippen LogP contribution in [0.1, 0.15) is 13.3 Å². The molecule has 0 saturated carbocycles. The third-order valence-electron chi connectivity index (χ3n) is 1.78. The van der Waals surface area contributed by atoms with Gasteiger partial charge in [0.1, 0.15) is 6.73 Å². The van der Waals surface area contributed by atoms with E-state index in [1.165, 1.54) is 0 Å². The number of hydrogen-bond donors (Lipinski definition) is 0. The van der Waals surface area contributed by atoms with Crippen LogP contribution in [0.5, 0.6) is 0 Å². The molecule has 0 aromatic heterocycles. The second-order valence-electron chi connectivity index (χ2n) is 2.76. The van der Waals surface area contributed by atoms with Crippen LogP contribution in [0.15, 0.2) is 0 Å². The fourth-order valence-electron chi connectivity index (χ4n) is 1.02. The van der Waals surface area contributed by atoms with Gasteiger partial charge in [-0.1, -0.05) is 6.92 Å². The zero-order valence-corrected chi connectivity index (χ0v) is 6.46. The van der Waals surface area contributed by atoms with Crippen LogP contribution < -0.4 is 0 Å². The van der Waals surface area contributed by atoms with E-state index in [2.05, 4.69) is 0 Å². The molecule has 0 spiro atoms. The predicted molar refractivity (Wildman–Crippen MR) is 37.4 cm³/mol. The molecule has 3 heteroatoms. The van der Waals surface area contributed by atoms with Crippen molar-refractivity contribution in [3.63, 3.8) is 0 Å². The minimum absolute atomic E-state index is 0.132. The summed E-state index contributed by atoms with van der Waals surface area (Å²) in [7, 11) is 1.77. The zero-order chi connectivity index (χ0) is 7.56. The number of amides is 1. The molecule has 1 aliphatic rings. The number of carbonyl (C=O) groups is 1. The van der Waals surface area contributed by atoms with E-state index in [1.54, 1.807) is 11.9 Å². The number of nitrogens with zero attached hydrogens (tertiary/aromatic N) is 1. The quantitative estimate of drug-likeness (QED) is 0.493. The van der Waals surface area contributed by atoms with E-state index >= 15 is 0 Å². The molecule has 0 aliphatic carbocycles. The Morgan fingerprint density at radius 2 is 2.40 bits per heavy atom. The molecule has 1 saturated heterocycles. The largest absolute Gasteiger partial charge is 0.361 e. The summed E-state index contributed by atoms with van der Waals surface area (Å²) in [5.74, 6) is 0.324. The molecule has 0 bridgehead atoms. The zero-order valence-electron chi connectivity index (χ0n) is 6.46. The fraction of sp³-hybridized carbons (Fsp3) is 0.857. The van der Waals surface area contributed by atoms with Crippen LogP contribution in [0.2, 0.25) is 0 Å². The molecule has 0 radical (unpaired) electrons. The Labute approximate surface area is 61.0 Å². The maximum Gasteiger partial charge on any atom is 0.227 e. The van der Waals surface area contributed by atoms with Crippen molar-refractivity contribution in [3.05, 3.63) is 0 Å². The van der Waals surface area contributed by atoms with Crippen LogP contribution in [0, 0.1) is 5.92 Å². The molecule has 1 atom stereocenters. The Morgan fingerprint density at radius 1 is 1.70 bits per heavy atom. The molecule has 1 aliphatic heterocycles. The molecule has 1 amide bonds. The number of hydrogen-bond acceptors (Lipinski definition) is 2. The Morgan fingerprint density at radius 3 is 3.10 bits per heavy atom. The molecular weight excluding hydrogens is 130 g/mol. The topological polar surface area (TPSA) is 29.5 Å². The molecule has 0 aromatic carbocycles. The van der Waals surface area contributed by atoms with Gasteiger partial charge in [-0.15, -0.1) is 0 Å². The van der Waals surface area contributed by atoms with Gasteiger partial charge < -0.3 is 9.64 Å². The van der Waals surface area contributed by atoms with Gasteiger partial charge in [0.25, 0.3) is 0 Å². The van der Waals surface area contributed by atoms with E-state index in [4.69, 9.17) is 4.74 Å². The molecule has 10 heavy (non-hydrogen) atoms.